The number of nitrogens with one attached hydrogen (secondary N) is 1. The zero-order valence-electron chi connectivity index (χ0n) is 11.9. The number of fused-ring (bicyclic) bond motifs is 3. The van der Waals surface area contributed by atoms with Crippen LogP contribution in [0.15, 0.2) is 4.76 Å². The molecule has 114 valence electrons. The third-order valence-electron chi connectivity index (χ3n) is 4.07. The highest BCUT2D eigenvalue weighted by Crippen LogP contribution is 2.55. The molecule has 0 saturated carbocycles. The molecule has 0 spiro atoms. The average molecular weight is 343 g/mol. The van der Waals surface area contributed by atoms with Crippen LogP contribution in [0.5, 0.6) is 0 Å². The number of thioether (sulfide) groups is 1. The van der Waals surface area contributed by atoms with Crippen molar-refractivity contribution in [2.45, 2.75) is 19.4 Å². The summed E-state index contributed by atoms with van der Waals surface area (Å²) in [6.45, 7) is 2.04. The third kappa shape index (κ3) is 2.28. The van der Waals surface area contributed by atoms with Crippen molar-refractivity contribution < 1.29 is 4.74 Å². The summed E-state index contributed by atoms with van der Waals surface area (Å²) >= 11 is 7.60. The van der Waals surface area contributed by atoms with E-state index >= 15 is 0 Å². The Hall–Kier alpha value is -0.400. The summed E-state index contributed by atoms with van der Waals surface area (Å²) in [5, 5.41) is 4.54. The summed E-state index contributed by atoms with van der Waals surface area (Å²) in [7, 11) is 0. The SMILES string of the molecule is CSC1=NP(=S)(N2CCOCC2)Nc2nc3n(c21)CCC3. The monoisotopic (exact) mass is 343 g/mol. The highest BCUT2D eigenvalue weighted by Gasteiger charge is 2.36. The van der Waals surface area contributed by atoms with E-state index in [-0.39, 0.29) is 0 Å². The van der Waals surface area contributed by atoms with Crippen molar-refractivity contribution in [3.05, 3.63) is 11.5 Å². The fraction of sp³-hybridized carbons (Fsp3) is 0.667. The number of hydrogen-bond acceptors (Lipinski definition) is 4. The van der Waals surface area contributed by atoms with Crippen LogP contribution in [0.25, 0.3) is 0 Å². The lowest BCUT2D eigenvalue weighted by Gasteiger charge is -2.37. The highest BCUT2D eigenvalue weighted by atomic mass is 32.4. The van der Waals surface area contributed by atoms with E-state index in [9.17, 15) is 0 Å². The quantitative estimate of drug-likeness (QED) is 0.787. The highest BCUT2D eigenvalue weighted by molar-refractivity contribution is 8.17. The predicted octanol–water partition coefficient (Wildman–Crippen LogP) is 1.92. The first-order chi connectivity index (χ1) is 10.2. The second kappa shape index (κ2) is 5.35. The smallest absolute Gasteiger partial charge is 0.212 e. The molecule has 21 heavy (non-hydrogen) atoms. The zero-order valence-corrected chi connectivity index (χ0v) is 14.4. The molecule has 1 unspecified atom stereocenters. The molecular formula is C12H18N5OPS2. The minimum absolute atomic E-state index is 0.733. The van der Waals surface area contributed by atoms with Crippen LogP contribution in [-0.2, 0) is 29.5 Å². The molecule has 9 heteroatoms. The molecule has 0 bridgehead atoms. The van der Waals surface area contributed by atoms with E-state index in [0.29, 0.717) is 0 Å². The zero-order chi connectivity index (χ0) is 14.4. The standard InChI is InChI=1S/C12H18N5OPS2/c1-21-12-10-11(13-9-3-2-4-17(9)10)14-19(20,15-12)16-5-7-18-8-6-16/h2-8H2,1H3,(H,14,15,20). The van der Waals surface area contributed by atoms with Gasteiger partial charge >= 0.3 is 0 Å². The van der Waals surface area contributed by atoms with Crippen molar-refractivity contribution in [3.63, 3.8) is 0 Å². The Morgan fingerprint density at radius 1 is 1.33 bits per heavy atom. The van der Waals surface area contributed by atoms with E-state index in [1.54, 1.807) is 11.8 Å². The maximum atomic E-state index is 5.92. The van der Waals surface area contributed by atoms with Crippen molar-refractivity contribution in [2.24, 2.45) is 4.76 Å². The first-order valence-electron chi connectivity index (χ1n) is 7.17. The van der Waals surface area contributed by atoms with Gasteiger partial charge in [-0.15, -0.1) is 11.8 Å². The van der Waals surface area contributed by atoms with E-state index in [1.165, 1.54) is 12.2 Å². The Morgan fingerprint density at radius 3 is 2.90 bits per heavy atom. The number of nitrogens with zero attached hydrogens (tertiary/aromatic N) is 4. The Kier molecular flexibility index (Phi) is 3.62. The van der Waals surface area contributed by atoms with Crippen molar-refractivity contribution >= 4 is 40.9 Å². The maximum absolute atomic E-state index is 5.92. The summed E-state index contributed by atoms with van der Waals surface area (Å²) in [5.41, 5.74) is 1.14. The molecule has 3 aliphatic heterocycles. The number of imidazole rings is 1. The van der Waals surface area contributed by atoms with Gasteiger partial charge in [-0.05, 0) is 24.5 Å². The molecule has 6 nitrogen and oxygen atoms in total. The summed E-state index contributed by atoms with van der Waals surface area (Å²) < 4.78 is 15.0. The fourth-order valence-corrected chi connectivity index (χ4v) is 7.08. The molecule has 0 radical (unpaired) electrons. The second-order valence-electron chi connectivity index (χ2n) is 5.31. The van der Waals surface area contributed by atoms with Gasteiger partial charge in [0, 0.05) is 26.1 Å². The number of aromatic nitrogens is 2. The van der Waals surface area contributed by atoms with Crippen LogP contribution < -0.4 is 5.09 Å². The normalized spacial score (nSPS) is 28.7. The molecule has 1 fully saturated rings. The van der Waals surface area contributed by atoms with Gasteiger partial charge < -0.3 is 14.4 Å². The number of rotatable bonds is 1. The largest absolute Gasteiger partial charge is 0.379 e. The number of hydrogen-bond donors (Lipinski definition) is 1. The van der Waals surface area contributed by atoms with Crippen LogP contribution >= 0.6 is 18.3 Å². The van der Waals surface area contributed by atoms with E-state index in [1.807, 2.05) is 0 Å². The predicted molar refractivity (Wildman–Crippen MR) is 90.9 cm³/mol. The Morgan fingerprint density at radius 2 is 2.14 bits per heavy atom. The molecule has 0 aliphatic carbocycles. The number of anilines is 1. The molecule has 1 aromatic rings. The molecule has 1 atom stereocenters. The van der Waals surface area contributed by atoms with Crippen molar-refractivity contribution in [2.75, 3.05) is 37.6 Å². The summed E-state index contributed by atoms with van der Waals surface area (Å²) in [6, 6.07) is 0. The van der Waals surface area contributed by atoms with Gasteiger partial charge in [-0.25, -0.2) is 14.4 Å². The van der Waals surface area contributed by atoms with Crippen LogP contribution in [0.2, 0.25) is 0 Å². The Bertz CT molecular complexity index is 652. The molecule has 0 amide bonds. The molecular weight excluding hydrogens is 325 g/mol. The number of morpholine rings is 1. The first kappa shape index (κ1) is 14.2. The van der Waals surface area contributed by atoms with Gasteiger partial charge in [-0.1, -0.05) is 0 Å². The van der Waals surface area contributed by atoms with E-state index in [4.69, 9.17) is 26.3 Å². The van der Waals surface area contributed by atoms with E-state index in [2.05, 4.69) is 20.6 Å². The van der Waals surface area contributed by atoms with Crippen LogP contribution in [0.1, 0.15) is 17.9 Å². The van der Waals surface area contributed by atoms with Crippen molar-refractivity contribution in [3.8, 4) is 0 Å². The minimum Gasteiger partial charge on any atom is -0.379 e. The van der Waals surface area contributed by atoms with Gasteiger partial charge in [0.2, 0.25) is 6.49 Å². The molecule has 4 rings (SSSR count). The summed E-state index contributed by atoms with van der Waals surface area (Å²) in [5.74, 6) is 2.11. The molecule has 1 saturated heterocycles. The lowest BCUT2D eigenvalue weighted by molar-refractivity contribution is 0.0747. The molecule has 1 aromatic heterocycles. The van der Waals surface area contributed by atoms with Gasteiger partial charge in [-0.3, -0.25) is 0 Å². The van der Waals surface area contributed by atoms with Crippen molar-refractivity contribution in [1.29, 1.82) is 0 Å². The topological polar surface area (TPSA) is 54.7 Å². The fourth-order valence-electron chi connectivity index (χ4n) is 3.05. The van der Waals surface area contributed by atoms with E-state index in [0.717, 1.165) is 55.8 Å². The first-order valence-corrected chi connectivity index (χ1v) is 11.1. The van der Waals surface area contributed by atoms with Gasteiger partial charge in [0.15, 0.2) is 5.82 Å². The van der Waals surface area contributed by atoms with Gasteiger partial charge in [0.05, 0.1) is 13.2 Å². The summed E-state index contributed by atoms with van der Waals surface area (Å²) in [4.78, 5) is 4.78. The van der Waals surface area contributed by atoms with Crippen LogP contribution in [-0.4, -0.2) is 51.8 Å². The summed E-state index contributed by atoms with van der Waals surface area (Å²) in [6.07, 6.45) is 4.30. The molecule has 1 N–H and O–H groups in total. The number of aryl methyl sites for hydroxylation is 1. The minimum atomic E-state index is -2.16. The van der Waals surface area contributed by atoms with Crippen molar-refractivity contribution in [1.82, 2.24) is 14.2 Å². The Balaban J connectivity index is 1.76. The maximum Gasteiger partial charge on any atom is 0.212 e. The van der Waals surface area contributed by atoms with Crippen LogP contribution in [0.4, 0.5) is 5.82 Å². The average Bonchev–Trinajstić information content (AvgIpc) is 3.07. The molecule has 3 aliphatic rings. The van der Waals surface area contributed by atoms with Crippen LogP contribution in [0.3, 0.4) is 0 Å². The van der Waals surface area contributed by atoms with E-state index < -0.39 is 6.49 Å². The third-order valence-corrected chi connectivity index (χ3v) is 8.23. The second-order valence-corrected chi connectivity index (χ2v) is 9.71. The lowest BCUT2D eigenvalue weighted by atomic mass is 10.3. The van der Waals surface area contributed by atoms with Gasteiger partial charge in [0.1, 0.15) is 16.6 Å². The van der Waals surface area contributed by atoms with Gasteiger partial charge in [0.25, 0.3) is 0 Å². The Labute approximate surface area is 133 Å². The van der Waals surface area contributed by atoms with Gasteiger partial charge in [-0.2, -0.15) is 0 Å². The molecule has 0 aromatic carbocycles. The van der Waals surface area contributed by atoms with Crippen LogP contribution in [0, 0.1) is 0 Å². The lowest BCUT2D eigenvalue weighted by Crippen LogP contribution is -2.36. The molecule has 4 heterocycles. The number of ether oxygens (including phenoxy) is 1.